The topological polar surface area (TPSA) is 61.8 Å². The predicted octanol–water partition coefficient (Wildman–Crippen LogP) is 3.27. The fraction of sp³-hybridized carbons (Fsp3) is 0.250. The zero-order valence-corrected chi connectivity index (χ0v) is 14.4. The van der Waals surface area contributed by atoms with E-state index in [4.69, 9.17) is 0 Å². The van der Waals surface area contributed by atoms with Gasteiger partial charge in [0, 0.05) is 0 Å². The zero-order valence-electron chi connectivity index (χ0n) is 14.4. The highest BCUT2D eigenvalue weighted by Gasteiger charge is 2.47. The molecule has 3 amide bonds. The summed E-state index contributed by atoms with van der Waals surface area (Å²) in [5.41, 5.74) is 2.11. The van der Waals surface area contributed by atoms with Crippen molar-refractivity contribution in [3.8, 4) is 0 Å². The van der Waals surface area contributed by atoms with Gasteiger partial charge in [-0.25, -0.2) is 4.79 Å². The first-order valence-electron chi connectivity index (χ1n) is 8.30. The molecule has 1 saturated heterocycles. The molecule has 2 aromatic carbocycles. The number of benzene rings is 2. The van der Waals surface area contributed by atoms with E-state index in [9.17, 15) is 9.59 Å². The number of aryl methyl sites for hydroxylation is 2. The molecule has 0 spiro atoms. The standard InChI is InChI=1S/C20H21N3O2/c1-15-8-6-7-11-17(15)14-21-23-18(24)20(2,22-19(23)25)13-12-16-9-4-3-5-10-16/h3-11,14H,12-13H2,1-2H3,(H,22,25)/b21-14-/t20-/m1/s1. The first-order chi connectivity index (χ1) is 12.0. The van der Waals surface area contributed by atoms with Gasteiger partial charge in [-0.3, -0.25) is 4.79 Å². The molecule has 0 unspecified atom stereocenters. The SMILES string of the molecule is Cc1ccccc1/C=N\N1C(=O)N[C@](C)(CCc2ccccc2)C1=O. The molecule has 25 heavy (non-hydrogen) atoms. The van der Waals surface area contributed by atoms with Crippen LogP contribution in [0.2, 0.25) is 0 Å². The summed E-state index contributed by atoms with van der Waals surface area (Å²) in [6.45, 7) is 3.71. The van der Waals surface area contributed by atoms with E-state index in [2.05, 4.69) is 10.4 Å². The summed E-state index contributed by atoms with van der Waals surface area (Å²) in [4.78, 5) is 24.9. The Morgan fingerprint density at radius 1 is 1.08 bits per heavy atom. The van der Waals surface area contributed by atoms with Crippen LogP contribution in [-0.2, 0) is 11.2 Å². The summed E-state index contributed by atoms with van der Waals surface area (Å²) in [6, 6.07) is 17.1. The molecule has 0 radical (unpaired) electrons. The van der Waals surface area contributed by atoms with Crippen molar-refractivity contribution >= 4 is 18.2 Å². The number of hydrazone groups is 1. The Hall–Kier alpha value is -2.95. The Labute approximate surface area is 147 Å². The number of nitrogens with zero attached hydrogens (tertiary/aromatic N) is 2. The van der Waals surface area contributed by atoms with Gasteiger partial charge < -0.3 is 5.32 Å². The molecule has 3 rings (SSSR count). The monoisotopic (exact) mass is 335 g/mol. The number of rotatable bonds is 5. The maximum absolute atomic E-state index is 12.7. The van der Waals surface area contributed by atoms with Crippen molar-refractivity contribution in [1.82, 2.24) is 10.3 Å². The predicted molar refractivity (Wildman–Crippen MR) is 97.3 cm³/mol. The highest BCUT2D eigenvalue weighted by molar-refractivity contribution is 6.07. The number of amides is 3. The molecule has 2 aromatic rings. The minimum absolute atomic E-state index is 0.321. The van der Waals surface area contributed by atoms with E-state index in [1.165, 1.54) is 0 Å². The molecule has 1 aliphatic heterocycles. The quantitative estimate of drug-likeness (QED) is 0.673. The first kappa shape index (κ1) is 16.9. The number of hydrogen-bond donors (Lipinski definition) is 1. The maximum atomic E-state index is 12.7. The Balaban J connectivity index is 1.72. The number of hydrogen-bond acceptors (Lipinski definition) is 3. The number of carbonyl (C=O) groups excluding carboxylic acids is 2. The van der Waals surface area contributed by atoms with Crippen molar-refractivity contribution in [3.05, 3.63) is 71.3 Å². The van der Waals surface area contributed by atoms with Gasteiger partial charge in [-0.2, -0.15) is 5.10 Å². The molecule has 1 aliphatic rings. The molecular weight excluding hydrogens is 314 g/mol. The Bertz CT molecular complexity index is 817. The maximum Gasteiger partial charge on any atom is 0.346 e. The van der Waals surface area contributed by atoms with E-state index >= 15 is 0 Å². The van der Waals surface area contributed by atoms with Crippen LogP contribution >= 0.6 is 0 Å². The van der Waals surface area contributed by atoms with E-state index in [0.29, 0.717) is 12.8 Å². The zero-order chi connectivity index (χ0) is 17.9. The van der Waals surface area contributed by atoms with Crippen LogP contribution in [0.15, 0.2) is 59.7 Å². The normalized spacial score (nSPS) is 20.3. The van der Waals surface area contributed by atoms with Crippen molar-refractivity contribution < 1.29 is 9.59 Å². The van der Waals surface area contributed by atoms with Gasteiger partial charge >= 0.3 is 6.03 Å². The van der Waals surface area contributed by atoms with Crippen molar-refractivity contribution in [2.45, 2.75) is 32.2 Å². The second-order valence-electron chi connectivity index (χ2n) is 6.47. The number of urea groups is 1. The first-order valence-corrected chi connectivity index (χ1v) is 8.30. The fourth-order valence-electron chi connectivity index (χ4n) is 2.83. The highest BCUT2D eigenvalue weighted by atomic mass is 16.2. The molecule has 128 valence electrons. The number of imide groups is 1. The van der Waals surface area contributed by atoms with Crippen LogP contribution in [-0.4, -0.2) is 28.7 Å². The van der Waals surface area contributed by atoms with E-state index in [0.717, 1.165) is 21.7 Å². The molecule has 0 aliphatic carbocycles. The molecule has 5 heteroatoms. The molecule has 1 atom stereocenters. The third-order valence-electron chi connectivity index (χ3n) is 4.50. The molecule has 1 N–H and O–H groups in total. The van der Waals surface area contributed by atoms with Gasteiger partial charge in [0.15, 0.2) is 0 Å². The van der Waals surface area contributed by atoms with Gasteiger partial charge in [-0.1, -0.05) is 54.6 Å². The lowest BCUT2D eigenvalue weighted by Crippen LogP contribution is -2.44. The highest BCUT2D eigenvalue weighted by Crippen LogP contribution is 2.23. The van der Waals surface area contributed by atoms with Crippen LogP contribution in [0.25, 0.3) is 0 Å². The summed E-state index contributed by atoms with van der Waals surface area (Å²) in [7, 11) is 0. The lowest BCUT2D eigenvalue weighted by molar-refractivity contribution is -0.130. The molecule has 0 bridgehead atoms. The third kappa shape index (κ3) is 3.60. The average Bonchev–Trinajstić information content (AvgIpc) is 2.83. The Kier molecular flexibility index (Phi) is 4.65. The van der Waals surface area contributed by atoms with E-state index < -0.39 is 11.6 Å². The molecular formula is C20H21N3O2. The summed E-state index contributed by atoms with van der Waals surface area (Å²) < 4.78 is 0. The summed E-state index contributed by atoms with van der Waals surface area (Å²) in [6.07, 6.45) is 2.78. The molecule has 0 aromatic heterocycles. The van der Waals surface area contributed by atoms with Gasteiger partial charge in [0.1, 0.15) is 5.54 Å². The average molecular weight is 335 g/mol. The van der Waals surface area contributed by atoms with Crippen LogP contribution in [0.5, 0.6) is 0 Å². The second kappa shape index (κ2) is 6.89. The van der Waals surface area contributed by atoms with Crippen molar-refractivity contribution in [2.24, 2.45) is 5.10 Å². The second-order valence-corrected chi connectivity index (χ2v) is 6.47. The van der Waals surface area contributed by atoms with Crippen LogP contribution < -0.4 is 5.32 Å². The molecule has 5 nitrogen and oxygen atoms in total. The molecule has 1 fully saturated rings. The van der Waals surface area contributed by atoms with E-state index in [1.54, 1.807) is 13.1 Å². The van der Waals surface area contributed by atoms with Gasteiger partial charge in [-0.05, 0) is 43.4 Å². The Morgan fingerprint density at radius 3 is 2.48 bits per heavy atom. The van der Waals surface area contributed by atoms with Gasteiger partial charge in [0.25, 0.3) is 5.91 Å². The van der Waals surface area contributed by atoms with Gasteiger partial charge in [-0.15, -0.1) is 5.01 Å². The van der Waals surface area contributed by atoms with Gasteiger partial charge in [0.2, 0.25) is 0 Å². The molecule has 0 saturated carbocycles. The lowest BCUT2D eigenvalue weighted by atomic mass is 9.93. The van der Waals surface area contributed by atoms with Crippen molar-refractivity contribution in [3.63, 3.8) is 0 Å². The van der Waals surface area contributed by atoms with Gasteiger partial charge in [0.05, 0.1) is 6.21 Å². The number of carbonyl (C=O) groups is 2. The van der Waals surface area contributed by atoms with Crippen LogP contribution in [0.3, 0.4) is 0 Å². The Morgan fingerprint density at radius 2 is 1.76 bits per heavy atom. The third-order valence-corrected chi connectivity index (χ3v) is 4.50. The summed E-state index contributed by atoms with van der Waals surface area (Å²) >= 11 is 0. The van der Waals surface area contributed by atoms with E-state index in [-0.39, 0.29) is 5.91 Å². The van der Waals surface area contributed by atoms with Crippen molar-refractivity contribution in [1.29, 1.82) is 0 Å². The van der Waals surface area contributed by atoms with Crippen LogP contribution in [0.1, 0.15) is 30.0 Å². The lowest BCUT2D eigenvalue weighted by Gasteiger charge is -2.20. The number of nitrogens with one attached hydrogen (secondary N) is 1. The van der Waals surface area contributed by atoms with Crippen LogP contribution in [0.4, 0.5) is 4.79 Å². The summed E-state index contributed by atoms with van der Waals surface area (Å²) in [5.74, 6) is -0.321. The smallest absolute Gasteiger partial charge is 0.322 e. The van der Waals surface area contributed by atoms with E-state index in [1.807, 2.05) is 61.5 Å². The largest absolute Gasteiger partial charge is 0.346 e. The summed E-state index contributed by atoms with van der Waals surface area (Å²) in [5, 5.41) is 7.82. The minimum atomic E-state index is -0.935. The van der Waals surface area contributed by atoms with Crippen LogP contribution in [0, 0.1) is 6.92 Å². The minimum Gasteiger partial charge on any atom is -0.322 e. The molecule has 1 heterocycles. The fourth-order valence-corrected chi connectivity index (χ4v) is 2.83. The van der Waals surface area contributed by atoms with Crippen molar-refractivity contribution in [2.75, 3.05) is 0 Å².